The number of fused-ring (bicyclic) bond motifs is 1. The van der Waals surface area contributed by atoms with Crippen LogP contribution in [-0.2, 0) is 10.0 Å². The Morgan fingerprint density at radius 1 is 1.07 bits per heavy atom. The van der Waals surface area contributed by atoms with Gasteiger partial charge in [0.1, 0.15) is 5.82 Å². The number of nitrogen functional groups attached to an aromatic ring is 1. The predicted molar refractivity (Wildman–Crippen MR) is 110 cm³/mol. The van der Waals surface area contributed by atoms with Crippen molar-refractivity contribution in [3.05, 3.63) is 47.8 Å². The van der Waals surface area contributed by atoms with Crippen LogP contribution in [0.1, 0.15) is 36.0 Å². The molecule has 1 saturated heterocycles. The van der Waals surface area contributed by atoms with Crippen LogP contribution < -0.4 is 5.73 Å². The third-order valence-electron chi connectivity index (χ3n) is 5.26. The highest BCUT2D eigenvalue weighted by Crippen LogP contribution is 2.28. The molecule has 1 aliphatic rings. The van der Waals surface area contributed by atoms with Gasteiger partial charge in [0.05, 0.1) is 21.7 Å². The number of benzene rings is 2. The Morgan fingerprint density at radius 3 is 2.43 bits per heavy atom. The Balaban J connectivity index is 1.88. The van der Waals surface area contributed by atoms with Crippen molar-refractivity contribution in [2.24, 2.45) is 0 Å². The number of aromatic carboxylic acids is 1. The molecule has 0 saturated carbocycles. The van der Waals surface area contributed by atoms with Gasteiger partial charge in [0, 0.05) is 18.5 Å². The summed E-state index contributed by atoms with van der Waals surface area (Å²) >= 11 is 0. The maximum atomic E-state index is 13.6. The number of sulfonamides is 1. The lowest BCUT2D eigenvalue weighted by Gasteiger charge is -2.20. The number of aromatic nitrogens is 2. The third-order valence-corrected chi connectivity index (χ3v) is 7.13. The van der Waals surface area contributed by atoms with Crippen molar-refractivity contribution in [3.8, 4) is 5.69 Å². The number of carbonyl (C=O) groups is 1. The van der Waals surface area contributed by atoms with E-state index in [1.54, 1.807) is 0 Å². The molecular weight excluding hydrogens is 411 g/mol. The average molecular weight is 432 g/mol. The van der Waals surface area contributed by atoms with Crippen molar-refractivity contribution < 1.29 is 22.7 Å². The normalized spacial score (nSPS) is 15.9. The van der Waals surface area contributed by atoms with Crippen LogP contribution in [0.5, 0.6) is 0 Å². The minimum absolute atomic E-state index is 0.0575. The van der Waals surface area contributed by atoms with E-state index >= 15 is 0 Å². The number of hydrogen-bond donors (Lipinski definition) is 2. The first kappa shape index (κ1) is 20.3. The number of hydrogen-bond acceptors (Lipinski definition) is 5. The SMILES string of the molecule is Nc1nn(-c2cc(C(=O)O)cc(S(=O)(=O)N3CCCCCC3)c2)c2ccc(F)cc12. The number of nitrogens with zero attached hydrogens (tertiary/aromatic N) is 3. The van der Waals surface area contributed by atoms with E-state index in [-0.39, 0.29) is 22.0 Å². The highest BCUT2D eigenvalue weighted by molar-refractivity contribution is 7.89. The maximum absolute atomic E-state index is 13.6. The quantitative estimate of drug-likeness (QED) is 0.654. The van der Waals surface area contributed by atoms with Gasteiger partial charge in [0.25, 0.3) is 0 Å². The fourth-order valence-electron chi connectivity index (χ4n) is 3.72. The van der Waals surface area contributed by atoms with Crippen molar-refractivity contribution in [1.29, 1.82) is 0 Å². The molecule has 0 unspecified atom stereocenters. The van der Waals surface area contributed by atoms with Crippen LogP contribution in [0.4, 0.5) is 10.2 Å². The first-order valence-electron chi connectivity index (χ1n) is 9.60. The van der Waals surface area contributed by atoms with Gasteiger partial charge in [-0.25, -0.2) is 22.3 Å². The minimum Gasteiger partial charge on any atom is -0.478 e. The Kier molecular flexibility index (Phi) is 5.20. The lowest BCUT2D eigenvalue weighted by molar-refractivity contribution is 0.0696. The molecule has 158 valence electrons. The molecule has 3 N–H and O–H groups in total. The monoisotopic (exact) mass is 432 g/mol. The fourth-order valence-corrected chi connectivity index (χ4v) is 5.30. The van der Waals surface area contributed by atoms with E-state index < -0.39 is 21.8 Å². The van der Waals surface area contributed by atoms with Crippen LogP contribution in [0.25, 0.3) is 16.6 Å². The molecule has 0 atom stereocenters. The molecule has 2 heterocycles. The van der Waals surface area contributed by atoms with Gasteiger partial charge in [-0.05, 0) is 49.2 Å². The molecular formula is C20H21FN4O4S. The second-order valence-electron chi connectivity index (χ2n) is 7.30. The molecule has 0 amide bonds. The van der Waals surface area contributed by atoms with Gasteiger partial charge in [-0.3, -0.25) is 0 Å². The van der Waals surface area contributed by atoms with Crippen LogP contribution in [0.3, 0.4) is 0 Å². The van der Waals surface area contributed by atoms with Gasteiger partial charge in [-0.1, -0.05) is 12.8 Å². The van der Waals surface area contributed by atoms with Crippen LogP contribution in [0, 0.1) is 5.82 Å². The number of carboxylic acids is 1. The summed E-state index contributed by atoms with van der Waals surface area (Å²) in [6.45, 7) is 0.789. The summed E-state index contributed by atoms with van der Waals surface area (Å²) in [4.78, 5) is 11.6. The van der Waals surface area contributed by atoms with Crippen molar-refractivity contribution in [1.82, 2.24) is 14.1 Å². The Labute approximate surface area is 172 Å². The molecule has 1 fully saturated rings. The molecule has 0 spiro atoms. The predicted octanol–water partition coefficient (Wildman–Crippen LogP) is 3.01. The van der Waals surface area contributed by atoms with Crippen molar-refractivity contribution in [2.45, 2.75) is 30.6 Å². The molecule has 10 heteroatoms. The molecule has 0 radical (unpaired) electrons. The zero-order valence-corrected chi connectivity index (χ0v) is 16.9. The Bertz CT molecular complexity index is 1230. The number of halogens is 1. The molecule has 3 aromatic rings. The summed E-state index contributed by atoms with van der Waals surface area (Å²) in [6.07, 6.45) is 3.44. The zero-order valence-electron chi connectivity index (χ0n) is 16.1. The first-order valence-corrected chi connectivity index (χ1v) is 11.0. The largest absolute Gasteiger partial charge is 0.478 e. The summed E-state index contributed by atoms with van der Waals surface area (Å²) in [5, 5.41) is 14.1. The fraction of sp³-hybridized carbons (Fsp3) is 0.300. The van der Waals surface area contributed by atoms with Crippen LogP contribution in [-0.4, -0.2) is 46.7 Å². The standard InChI is InChI=1S/C20H21FN4O4S/c21-14-5-6-18-17(11-14)19(22)23-25(18)15-9-13(20(26)27)10-16(12-15)30(28,29)24-7-3-1-2-4-8-24/h5-6,9-12H,1-4,7-8H2,(H2,22,23)(H,26,27). The highest BCUT2D eigenvalue weighted by Gasteiger charge is 2.27. The van der Waals surface area contributed by atoms with Gasteiger partial charge in [-0.15, -0.1) is 5.10 Å². The number of rotatable bonds is 4. The molecule has 4 rings (SSSR count). The molecule has 1 aromatic heterocycles. The molecule has 2 aromatic carbocycles. The van der Waals surface area contributed by atoms with Gasteiger partial charge in [0.2, 0.25) is 10.0 Å². The molecule has 0 aliphatic carbocycles. The van der Waals surface area contributed by atoms with Crippen molar-refractivity contribution in [2.75, 3.05) is 18.8 Å². The van der Waals surface area contributed by atoms with E-state index in [4.69, 9.17) is 5.73 Å². The lowest BCUT2D eigenvalue weighted by atomic mass is 10.2. The number of carboxylic acid groups (broad SMARTS) is 1. The zero-order chi connectivity index (χ0) is 21.5. The summed E-state index contributed by atoms with van der Waals surface area (Å²) in [7, 11) is -3.89. The number of anilines is 1. The van der Waals surface area contributed by atoms with E-state index in [1.165, 1.54) is 39.3 Å². The van der Waals surface area contributed by atoms with Gasteiger partial charge in [-0.2, -0.15) is 4.31 Å². The lowest BCUT2D eigenvalue weighted by Crippen LogP contribution is -2.32. The number of nitrogens with two attached hydrogens (primary N) is 1. The summed E-state index contributed by atoms with van der Waals surface area (Å²) in [5.74, 6) is -1.70. The summed E-state index contributed by atoms with van der Waals surface area (Å²) in [5.41, 5.74) is 6.37. The van der Waals surface area contributed by atoms with E-state index in [0.29, 0.717) is 24.0 Å². The molecule has 8 nitrogen and oxygen atoms in total. The molecule has 1 aliphatic heterocycles. The molecule has 0 bridgehead atoms. The summed E-state index contributed by atoms with van der Waals surface area (Å²) < 4.78 is 42.8. The topological polar surface area (TPSA) is 119 Å². The Morgan fingerprint density at radius 2 is 1.77 bits per heavy atom. The van der Waals surface area contributed by atoms with E-state index in [1.807, 2.05) is 0 Å². The highest BCUT2D eigenvalue weighted by atomic mass is 32.2. The smallest absolute Gasteiger partial charge is 0.335 e. The molecule has 30 heavy (non-hydrogen) atoms. The maximum Gasteiger partial charge on any atom is 0.335 e. The van der Waals surface area contributed by atoms with E-state index in [0.717, 1.165) is 31.7 Å². The van der Waals surface area contributed by atoms with E-state index in [9.17, 15) is 22.7 Å². The first-order chi connectivity index (χ1) is 14.3. The van der Waals surface area contributed by atoms with Gasteiger partial charge < -0.3 is 10.8 Å². The second-order valence-corrected chi connectivity index (χ2v) is 9.24. The second kappa shape index (κ2) is 7.69. The van der Waals surface area contributed by atoms with E-state index in [2.05, 4.69) is 5.10 Å². The van der Waals surface area contributed by atoms with Crippen molar-refractivity contribution >= 4 is 32.7 Å². The van der Waals surface area contributed by atoms with Crippen LogP contribution in [0.2, 0.25) is 0 Å². The van der Waals surface area contributed by atoms with Gasteiger partial charge >= 0.3 is 5.97 Å². The van der Waals surface area contributed by atoms with Crippen LogP contribution in [0.15, 0.2) is 41.3 Å². The Hall–Kier alpha value is -2.98. The van der Waals surface area contributed by atoms with Crippen molar-refractivity contribution in [3.63, 3.8) is 0 Å². The van der Waals surface area contributed by atoms with Gasteiger partial charge in [0.15, 0.2) is 5.82 Å². The minimum atomic E-state index is -3.89. The summed E-state index contributed by atoms with van der Waals surface area (Å²) in [6, 6.07) is 7.77. The average Bonchev–Trinajstić information content (AvgIpc) is 2.89. The van der Waals surface area contributed by atoms with Crippen LogP contribution >= 0.6 is 0 Å². The third kappa shape index (κ3) is 3.63.